The van der Waals surface area contributed by atoms with E-state index in [0.29, 0.717) is 25.2 Å². The molecule has 1 aromatic heterocycles. The van der Waals surface area contributed by atoms with Gasteiger partial charge in [0.2, 0.25) is 0 Å². The summed E-state index contributed by atoms with van der Waals surface area (Å²) in [7, 11) is 0. The van der Waals surface area contributed by atoms with Gasteiger partial charge < -0.3 is 15.7 Å². The maximum Gasteiger partial charge on any atom is 0.252 e. The Kier molecular flexibility index (Phi) is 5.35. The van der Waals surface area contributed by atoms with E-state index in [9.17, 15) is 4.79 Å². The van der Waals surface area contributed by atoms with Crippen LogP contribution in [0.1, 0.15) is 10.4 Å². The molecule has 1 heterocycles. The zero-order valence-corrected chi connectivity index (χ0v) is 8.44. The van der Waals surface area contributed by atoms with Crippen LogP contribution in [0.15, 0.2) is 24.5 Å². The third-order valence-corrected chi connectivity index (χ3v) is 1.80. The molecule has 3 N–H and O–H groups in total. The summed E-state index contributed by atoms with van der Waals surface area (Å²) in [6.45, 7) is 1.83. The smallest absolute Gasteiger partial charge is 0.252 e. The van der Waals surface area contributed by atoms with E-state index in [1.54, 1.807) is 18.3 Å². The molecule has 0 saturated heterocycles. The number of nitrogens with one attached hydrogen (secondary N) is 2. The first-order chi connectivity index (χ1) is 7.34. The van der Waals surface area contributed by atoms with Crippen molar-refractivity contribution in [1.29, 1.82) is 0 Å². The standard InChI is InChI=1S/C10H15N3O2/c14-7-6-11-4-5-13-10(15)9-2-1-3-12-8-9/h1-3,8,11,14H,4-7H2,(H,13,15). The number of hydrogen-bond acceptors (Lipinski definition) is 4. The van der Waals surface area contributed by atoms with E-state index in [-0.39, 0.29) is 12.5 Å². The number of aliphatic hydroxyl groups is 1. The fourth-order valence-corrected chi connectivity index (χ4v) is 1.07. The first-order valence-electron chi connectivity index (χ1n) is 4.84. The second-order valence-corrected chi connectivity index (χ2v) is 2.97. The monoisotopic (exact) mass is 209 g/mol. The molecule has 0 spiro atoms. The van der Waals surface area contributed by atoms with Gasteiger partial charge in [0.1, 0.15) is 0 Å². The van der Waals surface area contributed by atoms with Crippen LogP contribution in [0, 0.1) is 0 Å². The van der Waals surface area contributed by atoms with Crippen LogP contribution in [0.3, 0.4) is 0 Å². The maximum atomic E-state index is 11.4. The van der Waals surface area contributed by atoms with Crippen LogP contribution in [-0.2, 0) is 0 Å². The minimum atomic E-state index is -0.131. The molecule has 0 aromatic carbocycles. The van der Waals surface area contributed by atoms with E-state index < -0.39 is 0 Å². The number of hydrogen-bond donors (Lipinski definition) is 3. The highest BCUT2D eigenvalue weighted by Crippen LogP contribution is 1.93. The van der Waals surface area contributed by atoms with Gasteiger partial charge in [0.05, 0.1) is 12.2 Å². The highest BCUT2D eigenvalue weighted by Gasteiger charge is 2.02. The van der Waals surface area contributed by atoms with Crippen LogP contribution in [0.5, 0.6) is 0 Å². The molecule has 1 rings (SSSR count). The van der Waals surface area contributed by atoms with Crippen LogP contribution >= 0.6 is 0 Å². The first kappa shape index (κ1) is 11.6. The van der Waals surface area contributed by atoms with Crippen molar-refractivity contribution in [2.75, 3.05) is 26.2 Å². The number of carbonyl (C=O) groups is 1. The van der Waals surface area contributed by atoms with Crippen molar-refractivity contribution in [2.24, 2.45) is 0 Å². The summed E-state index contributed by atoms with van der Waals surface area (Å²) in [5.74, 6) is -0.131. The van der Waals surface area contributed by atoms with Gasteiger partial charge in [-0.15, -0.1) is 0 Å². The van der Waals surface area contributed by atoms with Crippen molar-refractivity contribution in [3.63, 3.8) is 0 Å². The lowest BCUT2D eigenvalue weighted by atomic mass is 10.3. The van der Waals surface area contributed by atoms with E-state index in [1.165, 1.54) is 6.20 Å². The summed E-state index contributed by atoms with van der Waals surface area (Å²) < 4.78 is 0. The normalized spacial score (nSPS) is 9.93. The molecule has 5 nitrogen and oxygen atoms in total. The SMILES string of the molecule is O=C(NCCNCCO)c1cccnc1. The number of pyridine rings is 1. The molecule has 0 aliphatic heterocycles. The Hall–Kier alpha value is -1.46. The fourth-order valence-electron chi connectivity index (χ4n) is 1.07. The van der Waals surface area contributed by atoms with Gasteiger partial charge in [-0.2, -0.15) is 0 Å². The molecule has 0 fully saturated rings. The molecular formula is C10H15N3O2. The first-order valence-corrected chi connectivity index (χ1v) is 4.84. The summed E-state index contributed by atoms with van der Waals surface area (Å²) in [5, 5.41) is 14.2. The second-order valence-electron chi connectivity index (χ2n) is 2.97. The molecule has 1 amide bonds. The van der Waals surface area contributed by atoms with Gasteiger partial charge in [-0.05, 0) is 12.1 Å². The van der Waals surface area contributed by atoms with Gasteiger partial charge in [0.25, 0.3) is 5.91 Å². The quantitative estimate of drug-likeness (QED) is 0.547. The molecule has 0 radical (unpaired) electrons. The number of carbonyl (C=O) groups excluding carboxylic acids is 1. The van der Waals surface area contributed by atoms with E-state index >= 15 is 0 Å². The number of rotatable bonds is 6. The molecule has 0 atom stereocenters. The number of aromatic nitrogens is 1. The Morgan fingerprint density at radius 3 is 2.93 bits per heavy atom. The Balaban J connectivity index is 2.20. The minimum Gasteiger partial charge on any atom is -0.395 e. The van der Waals surface area contributed by atoms with Crippen LogP contribution in [-0.4, -0.2) is 42.2 Å². The molecule has 0 bridgehead atoms. The predicted molar refractivity (Wildman–Crippen MR) is 56.5 cm³/mol. The third kappa shape index (κ3) is 4.53. The summed E-state index contributed by atoms with van der Waals surface area (Å²) >= 11 is 0. The van der Waals surface area contributed by atoms with Gasteiger partial charge in [-0.25, -0.2) is 0 Å². The van der Waals surface area contributed by atoms with Crippen molar-refractivity contribution in [3.05, 3.63) is 30.1 Å². The second kappa shape index (κ2) is 6.92. The Morgan fingerprint density at radius 1 is 1.40 bits per heavy atom. The molecule has 5 heteroatoms. The predicted octanol–water partition coefficient (Wildman–Crippen LogP) is -0.607. The molecular weight excluding hydrogens is 194 g/mol. The van der Waals surface area contributed by atoms with Crippen LogP contribution in [0.4, 0.5) is 0 Å². The zero-order chi connectivity index (χ0) is 10.9. The molecule has 82 valence electrons. The molecule has 0 unspecified atom stereocenters. The van der Waals surface area contributed by atoms with E-state index in [4.69, 9.17) is 5.11 Å². The van der Waals surface area contributed by atoms with Crippen molar-refractivity contribution < 1.29 is 9.90 Å². The molecule has 15 heavy (non-hydrogen) atoms. The van der Waals surface area contributed by atoms with Gasteiger partial charge in [-0.3, -0.25) is 9.78 Å². The third-order valence-electron chi connectivity index (χ3n) is 1.80. The van der Waals surface area contributed by atoms with E-state index in [0.717, 1.165) is 0 Å². The van der Waals surface area contributed by atoms with Crippen LogP contribution < -0.4 is 10.6 Å². The molecule has 0 aliphatic carbocycles. The lowest BCUT2D eigenvalue weighted by molar-refractivity contribution is 0.0953. The van der Waals surface area contributed by atoms with Crippen molar-refractivity contribution in [2.45, 2.75) is 0 Å². The summed E-state index contributed by atoms with van der Waals surface area (Å²) in [4.78, 5) is 15.3. The van der Waals surface area contributed by atoms with Gasteiger partial charge in [0.15, 0.2) is 0 Å². The highest BCUT2D eigenvalue weighted by molar-refractivity contribution is 5.93. The number of aliphatic hydroxyl groups excluding tert-OH is 1. The number of nitrogens with zero attached hydrogens (tertiary/aromatic N) is 1. The molecule has 0 aliphatic rings. The summed E-state index contributed by atoms with van der Waals surface area (Å²) in [6.07, 6.45) is 3.15. The lowest BCUT2D eigenvalue weighted by Gasteiger charge is -2.05. The Bertz CT molecular complexity index is 290. The topological polar surface area (TPSA) is 74.2 Å². The molecule has 0 saturated carbocycles. The van der Waals surface area contributed by atoms with E-state index in [1.807, 2.05) is 0 Å². The lowest BCUT2D eigenvalue weighted by Crippen LogP contribution is -2.32. The van der Waals surface area contributed by atoms with Crippen molar-refractivity contribution in [3.8, 4) is 0 Å². The van der Waals surface area contributed by atoms with Crippen molar-refractivity contribution >= 4 is 5.91 Å². The van der Waals surface area contributed by atoms with Crippen molar-refractivity contribution in [1.82, 2.24) is 15.6 Å². The minimum absolute atomic E-state index is 0.108. The van der Waals surface area contributed by atoms with Gasteiger partial charge >= 0.3 is 0 Å². The average molecular weight is 209 g/mol. The van der Waals surface area contributed by atoms with E-state index in [2.05, 4.69) is 15.6 Å². The summed E-state index contributed by atoms with van der Waals surface area (Å²) in [6, 6.07) is 3.43. The Morgan fingerprint density at radius 2 is 2.27 bits per heavy atom. The average Bonchev–Trinajstić information content (AvgIpc) is 2.30. The Labute approximate surface area is 88.5 Å². The fraction of sp³-hybridized carbons (Fsp3) is 0.400. The zero-order valence-electron chi connectivity index (χ0n) is 8.44. The van der Waals surface area contributed by atoms with Gasteiger partial charge in [-0.1, -0.05) is 0 Å². The highest BCUT2D eigenvalue weighted by atomic mass is 16.3. The van der Waals surface area contributed by atoms with Crippen LogP contribution in [0.2, 0.25) is 0 Å². The summed E-state index contributed by atoms with van der Waals surface area (Å²) in [5.41, 5.74) is 0.555. The largest absolute Gasteiger partial charge is 0.395 e. The molecule has 1 aromatic rings. The van der Waals surface area contributed by atoms with Crippen LogP contribution in [0.25, 0.3) is 0 Å². The van der Waals surface area contributed by atoms with Gasteiger partial charge in [0, 0.05) is 32.0 Å². The maximum absolute atomic E-state index is 11.4. The number of amides is 1.